The summed E-state index contributed by atoms with van der Waals surface area (Å²) in [6, 6.07) is 9.13. The summed E-state index contributed by atoms with van der Waals surface area (Å²) in [5.41, 5.74) is 2.86. The lowest BCUT2D eigenvalue weighted by Crippen LogP contribution is -2.25. The minimum absolute atomic E-state index is 0.175. The Morgan fingerprint density at radius 3 is 2.33 bits per heavy atom. The maximum Gasteiger partial charge on any atom is 0.238 e. The number of hydrogen-bond donors (Lipinski definition) is 3. The number of ether oxygens (including phenoxy) is 1. The first-order valence-electron chi connectivity index (χ1n) is 10.4. The number of fused-ring (bicyclic) bond motifs is 1. The molecule has 3 rings (SSSR count). The molecule has 1 heterocycles. The SMILES string of the molecule is COc1c(NC(=O)C2Cc3cccc(NC(C)=O)c3S2)cc(C(C)(C)C)cc1NS(C)(=O)=O. The Bertz CT molecular complexity index is 1200. The summed E-state index contributed by atoms with van der Waals surface area (Å²) < 4.78 is 31.8. The monoisotopic (exact) mass is 491 g/mol. The zero-order chi connectivity index (χ0) is 24.6. The first kappa shape index (κ1) is 24.9. The third kappa shape index (κ3) is 6.00. The number of hydrogen-bond acceptors (Lipinski definition) is 6. The van der Waals surface area contributed by atoms with Gasteiger partial charge in [0.05, 0.1) is 35.7 Å². The molecule has 0 saturated carbocycles. The summed E-state index contributed by atoms with van der Waals surface area (Å²) in [4.78, 5) is 25.6. The summed E-state index contributed by atoms with van der Waals surface area (Å²) in [5, 5.41) is 5.33. The van der Waals surface area contributed by atoms with Crippen LogP contribution in [0.15, 0.2) is 35.2 Å². The summed E-state index contributed by atoms with van der Waals surface area (Å²) in [6.45, 7) is 7.44. The maximum absolute atomic E-state index is 13.2. The van der Waals surface area contributed by atoms with Gasteiger partial charge in [0.15, 0.2) is 5.75 Å². The Morgan fingerprint density at radius 2 is 1.76 bits per heavy atom. The van der Waals surface area contributed by atoms with E-state index in [-0.39, 0.29) is 28.7 Å². The van der Waals surface area contributed by atoms with Gasteiger partial charge < -0.3 is 15.4 Å². The third-order valence-corrected chi connectivity index (χ3v) is 7.05. The fourth-order valence-electron chi connectivity index (χ4n) is 3.57. The molecule has 0 saturated heterocycles. The van der Waals surface area contributed by atoms with E-state index in [1.807, 2.05) is 39.0 Å². The van der Waals surface area contributed by atoms with Crippen LogP contribution in [-0.4, -0.2) is 38.8 Å². The minimum Gasteiger partial charge on any atom is -0.492 e. The van der Waals surface area contributed by atoms with E-state index in [0.717, 1.165) is 22.3 Å². The zero-order valence-corrected chi connectivity index (χ0v) is 21.2. The summed E-state index contributed by atoms with van der Waals surface area (Å²) in [7, 11) is -2.14. The normalized spacial score (nSPS) is 15.5. The van der Waals surface area contributed by atoms with Crippen molar-refractivity contribution in [1.29, 1.82) is 0 Å². The van der Waals surface area contributed by atoms with Gasteiger partial charge in [-0.05, 0) is 41.2 Å². The van der Waals surface area contributed by atoms with Crippen LogP contribution in [0.5, 0.6) is 5.75 Å². The van der Waals surface area contributed by atoms with Gasteiger partial charge in [0.2, 0.25) is 21.8 Å². The van der Waals surface area contributed by atoms with Crippen molar-refractivity contribution >= 4 is 50.7 Å². The lowest BCUT2D eigenvalue weighted by molar-refractivity contribution is -0.116. The minimum atomic E-state index is -3.57. The summed E-state index contributed by atoms with van der Waals surface area (Å²) >= 11 is 1.39. The fraction of sp³-hybridized carbons (Fsp3) is 0.391. The van der Waals surface area contributed by atoms with Gasteiger partial charge in [-0.3, -0.25) is 14.3 Å². The first-order valence-corrected chi connectivity index (χ1v) is 13.1. The molecule has 0 radical (unpaired) electrons. The third-order valence-electron chi connectivity index (χ3n) is 5.08. The second kappa shape index (κ2) is 9.26. The van der Waals surface area contributed by atoms with Crippen LogP contribution in [0.4, 0.5) is 17.1 Å². The van der Waals surface area contributed by atoms with Crippen molar-refractivity contribution in [2.75, 3.05) is 28.7 Å². The highest BCUT2D eigenvalue weighted by Crippen LogP contribution is 2.44. The average Bonchev–Trinajstić information content (AvgIpc) is 3.11. The number of sulfonamides is 1. The molecule has 3 N–H and O–H groups in total. The van der Waals surface area contributed by atoms with Crippen molar-refractivity contribution in [2.45, 2.75) is 49.7 Å². The predicted octanol–water partition coefficient (Wildman–Crippen LogP) is 3.98. The second-order valence-corrected chi connectivity index (χ2v) is 12.0. The molecule has 0 aromatic heterocycles. The van der Waals surface area contributed by atoms with Gasteiger partial charge in [-0.2, -0.15) is 0 Å². The van der Waals surface area contributed by atoms with E-state index in [9.17, 15) is 18.0 Å². The molecule has 178 valence electrons. The Hall–Kier alpha value is -2.72. The van der Waals surface area contributed by atoms with Gasteiger partial charge in [0.1, 0.15) is 0 Å². The van der Waals surface area contributed by atoms with Crippen LogP contribution in [0, 0.1) is 0 Å². The smallest absolute Gasteiger partial charge is 0.238 e. The van der Waals surface area contributed by atoms with Crippen molar-refractivity contribution in [3.63, 3.8) is 0 Å². The molecule has 1 aliphatic heterocycles. The molecule has 0 aliphatic carbocycles. The fourth-order valence-corrected chi connectivity index (χ4v) is 5.38. The Balaban J connectivity index is 1.93. The van der Waals surface area contributed by atoms with Gasteiger partial charge in [0.25, 0.3) is 0 Å². The van der Waals surface area contributed by atoms with E-state index in [4.69, 9.17) is 4.74 Å². The van der Waals surface area contributed by atoms with Crippen molar-refractivity contribution in [1.82, 2.24) is 0 Å². The van der Waals surface area contributed by atoms with Gasteiger partial charge in [0, 0.05) is 11.8 Å². The number of methoxy groups -OCH3 is 1. The van der Waals surface area contributed by atoms with Gasteiger partial charge >= 0.3 is 0 Å². The molecule has 0 fully saturated rings. The number of nitrogens with one attached hydrogen (secondary N) is 3. The summed E-state index contributed by atoms with van der Waals surface area (Å²) in [6.07, 6.45) is 1.57. The number of anilines is 3. The van der Waals surface area contributed by atoms with Gasteiger partial charge in [-0.15, -0.1) is 11.8 Å². The lowest BCUT2D eigenvalue weighted by Gasteiger charge is -2.24. The molecule has 2 aromatic carbocycles. The maximum atomic E-state index is 13.2. The van der Waals surface area contributed by atoms with Gasteiger partial charge in [-0.25, -0.2) is 8.42 Å². The Kier molecular flexibility index (Phi) is 6.99. The molecular weight excluding hydrogens is 462 g/mol. The predicted molar refractivity (Wildman–Crippen MR) is 133 cm³/mol. The molecule has 1 unspecified atom stereocenters. The van der Waals surface area contributed by atoms with Crippen molar-refractivity contribution < 1.29 is 22.7 Å². The quantitative estimate of drug-likeness (QED) is 0.563. The van der Waals surface area contributed by atoms with Crippen LogP contribution in [0.3, 0.4) is 0 Å². The average molecular weight is 492 g/mol. The van der Waals surface area contributed by atoms with E-state index >= 15 is 0 Å². The van der Waals surface area contributed by atoms with Crippen LogP contribution in [0.1, 0.15) is 38.8 Å². The molecular formula is C23H29N3O5S2. The number of benzene rings is 2. The Labute approximate surface area is 198 Å². The van der Waals surface area contributed by atoms with Crippen LogP contribution in [0.25, 0.3) is 0 Å². The largest absolute Gasteiger partial charge is 0.492 e. The molecule has 2 amide bonds. The van der Waals surface area contributed by atoms with Crippen LogP contribution in [0.2, 0.25) is 0 Å². The molecule has 33 heavy (non-hydrogen) atoms. The summed E-state index contributed by atoms with van der Waals surface area (Å²) in [5.74, 6) is -0.174. The molecule has 1 aliphatic rings. The van der Waals surface area contributed by atoms with E-state index in [1.165, 1.54) is 25.8 Å². The highest BCUT2D eigenvalue weighted by atomic mass is 32.2. The lowest BCUT2D eigenvalue weighted by atomic mass is 9.86. The molecule has 8 nitrogen and oxygen atoms in total. The van der Waals surface area contributed by atoms with E-state index < -0.39 is 15.3 Å². The van der Waals surface area contributed by atoms with Crippen LogP contribution < -0.4 is 20.1 Å². The number of rotatable bonds is 6. The first-order chi connectivity index (χ1) is 15.3. The standard InChI is InChI=1S/C23H29N3O5S2/c1-13(27)24-16-9-7-8-14-10-19(32-21(14)16)22(28)25-17-11-15(23(2,3)4)12-18(20(17)31-5)26-33(6,29)30/h7-9,11-12,19,26H,10H2,1-6H3,(H,24,27)(H,25,28). The number of thioether (sulfide) groups is 1. The van der Waals surface area contributed by atoms with Crippen LogP contribution >= 0.6 is 11.8 Å². The molecule has 10 heteroatoms. The molecule has 0 spiro atoms. The number of carbonyl (C=O) groups is 2. The highest BCUT2D eigenvalue weighted by molar-refractivity contribution is 8.01. The van der Waals surface area contributed by atoms with E-state index in [2.05, 4.69) is 15.4 Å². The molecule has 1 atom stereocenters. The molecule has 0 bridgehead atoms. The van der Waals surface area contributed by atoms with Crippen molar-refractivity contribution in [3.05, 3.63) is 41.5 Å². The Morgan fingerprint density at radius 1 is 1.09 bits per heavy atom. The highest BCUT2D eigenvalue weighted by Gasteiger charge is 2.31. The zero-order valence-electron chi connectivity index (χ0n) is 19.5. The van der Waals surface area contributed by atoms with Crippen LogP contribution in [-0.2, 0) is 31.4 Å². The van der Waals surface area contributed by atoms with Crippen molar-refractivity contribution in [3.8, 4) is 5.75 Å². The topological polar surface area (TPSA) is 114 Å². The van der Waals surface area contributed by atoms with E-state index in [0.29, 0.717) is 17.8 Å². The molecule has 2 aromatic rings. The second-order valence-electron chi connectivity index (χ2n) is 9.00. The van der Waals surface area contributed by atoms with Crippen molar-refractivity contribution in [2.24, 2.45) is 0 Å². The van der Waals surface area contributed by atoms with Gasteiger partial charge in [-0.1, -0.05) is 32.9 Å². The van der Waals surface area contributed by atoms with E-state index in [1.54, 1.807) is 12.1 Å². The number of amides is 2. The number of carbonyl (C=O) groups excluding carboxylic acids is 2.